The molecule has 2 heterocycles. The molecule has 0 bridgehead atoms. The number of hydrogen-bond acceptors (Lipinski definition) is 2. The molecule has 2 aromatic rings. The van der Waals surface area contributed by atoms with E-state index in [9.17, 15) is 0 Å². The van der Waals surface area contributed by atoms with Gasteiger partial charge in [-0.25, -0.2) is 4.58 Å². The highest BCUT2D eigenvalue weighted by atomic mass is 16.5. The maximum atomic E-state index is 6.03. The minimum Gasteiger partial charge on any atom is -0.496 e. The van der Waals surface area contributed by atoms with E-state index in [4.69, 9.17) is 10.5 Å². The Bertz CT molecular complexity index is 1220. The Kier molecular flexibility index (Phi) is 7.66. The predicted octanol–water partition coefficient (Wildman–Crippen LogP) is 6.45. The van der Waals surface area contributed by atoms with Crippen molar-refractivity contribution in [2.45, 2.75) is 65.7 Å². The van der Waals surface area contributed by atoms with E-state index < -0.39 is 0 Å². The number of ether oxygens (including phenoxy) is 1. The molecule has 1 aliphatic rings. The summed E-state index contributed by atoms with van der Waals surface area (Å²) in [4.78, 5) is 0. The van der Waals surface area contributed by atoms with Crippen molar-refractivity contribution < 1.29 is 9.31 Å². The number of methoxy groups -OCH3 is 1. The van der Waals surface area contributed by atoms with Gasteiger partial charge in [-0.05, 0) is 66.1 Å². The highest BCUT2D eigenvalue weighted by Crippen LogP contribution is 2.39. The van der Waals surface area contributed by atoms with Gasteiger partial charge in [0.05, 0.1) is 12.8 Å². The zero-order chi connectivity index (χ0) is 26.1. The minimum atomic E-state index is -0.0227. The van der Waals surface area contributed by atoms with E-state index in [1.165, 1.54) is 33.7 Å². The van der Waals surface area contributed by atoms with Crippen molar-refractivity contribution in [3.05, 3.63) is 69.7 Å². The largest absolute Gasteiger partial charge is 0.496 e. The molecule has 0 atom stereocenters. The van der Waals surface area contributed by atoms with Gasteiger partial charge in [-0.1, -0.05) is 47.6 Å². The molecular formula is C31H44N3O+. The lowest BCUT2D eigenvalue weighted by Gasteiger charge is -2.28. The molecule has 35 heavy (non-hydrogen) atoms. The lowest BCUT2D eigenvalue weighted by Crippen LogP contribution is -2.18. The Hall–Kier alpha value is -2.85. The molecule has 0 saturated carbocycles. The van der Waals surface area contributed by atoms with Crippen LogP contribution in [-0.4, -0.2) is 36.1 Å². The van der Waals surface area contributed by atoms with Crippen molar-refractivity contribution in [3.63, 3.8) is 0 Å². The number of benzene rings is 1. The zero-order valence-electron chi connectivity index (χ0n) is 23.4. The fraction of sp³-hybridized carbons (Fsp3) is 0.452. The molecule has 4 heteroatoms. The summed E-state index contributed by atoms with van der Waals surface area (Å²) in [5.41, 5.74) is 15.8. The monoisotopic (exact) mass is 474 g/mol. The van der Waals surface area contributed by atoms with Gasteiger partial charge in [0.2, 0.25) is 5.70 Å². The van der Waals surface area contributed by atoms with Gasteiger partial charge >= 0.3 is 0 Å². The molecule has 0 saturated heterocycles. The molecule has 1 aromatic heterocycles. The Morgan fingerprint density at radius 2 is 1.74 bits per heavy atom. The normalized spacial score (nSPS) is 15.8. The maximum Gasteiger partial charge on any atom is 0.210 e. The van der Waals surface area contributed by atoms with Crippen LogP contribution in [0.4, 0.5) is 0 Å². The number of allylic oxidation sites excluding steroid dienone is 2. The molecule has 188 valence electrons. The average molecular weight is 475 g/mol. The second kappa shape index (κ2) is 10.0. The lowest BCUT2D eigenvalue weighted by molar-refractivity contribution is -0.428. The third-order valence-corrected chi connectivity index (χ3v) is 6.82. The Morgan fingerprint density at radius 1 is 1.06 bits per heavy atom. The molecule has 0 spiro atoms. The maximum absolute atomic E-state index is 6.03. The quantitative estimate of drug-likeness (QED) is 0.489. The SMILES string of the molecule is COc1c(/C=C/c2cc(C)c(C(CCN)=C3C=CC=[N+]3C)n2C)cc(C(C)(C)C)cc1C(C)(C)C. The number of aryl methyl sites for hydroxylation is 1. The van der Waals surface area contributed by atoms with Crippen LogP contribution in [0.1, 0.15) is 81.6 Å². The van der Waals surface area contributed by atoms with Crippen LogP contribution in [-0.2, 0) is 17.9 Å². The summed E-state index contributed by atoms with van der Waals surface area (Å²) in [6.45, 7) is 16.3. The molecule has 1 aliphatic heterocycles. The van der Waals surface area contributed by atoms with Gasteiger partial charge in [0.1, 0.15) is 12.8 Å². The van der Waals surface area contributed by atoms with Crippen molar-refractivity contribution in [2.75, 3.05) is 20.7 Å². The third-order valence-electron chi connectivity index (χ3n) is 6.82. The second-order valence-electron chi connectivity index (χ2n) is 11.7. The van der Waals surface area contributed by atoms with Gasteiger partial charge in [-0.15, -0.1) is 0 Å². The molecule has 0 amide bonds. The average Bonchev–Trinajstić information content (AvgIpc) is 3.31. The van der Waals surface area contributed by atoms with Crippen LogP contribution in [0, 0.1) is 6.92 Å². The Morgan fingerprint density at radius 3 is 2.26 bits per heavy atom. The summed E-state index contributed by atoms with van der Waals surface area (Å²) < 4.78 is 10.4. The zero-order valence-corrected chi connectivity index (χ0v) is 23.4. The number of nitrogens with zero attached hydrogens (tertiary/aromatic N) is 2. The van der Waals surface area contributed by atoms with Gasteiger partial charge in [0.25, 0.3) is 0 Å². The van der Waals surface area contributed by atoms with E-state index in [0.29, 0.717) is 6.54 Å². The van der Waals surface area contributed by atoms with Crippen LogP contribution in [0.25, 0.3) is 17.7 Å². The van der Waals surface area contributed by atoms with Gasteiger partial charge in [0.15, 0.2) is 6.21 Å². The van der Waals surface area contributed by atoms with E-state index in [1.54, 1.807) is 7.11 Å². The van der Waals surface area contributed by atoms with Gasteiger partial charge < -0.3 is 15.0 Å². The molecule has 0 aliphatic carbocycles. The van der Waals surface area contributed by atoms with Crippen molar-refractivity contribution in [1.82, 2.24) is 4.57 Å². The number of hydrogen-bond donors (Lipinski definition) is 1. The first kappa shape index (κ1) is 26.7. The predicted molar refractivity (Wildman–Crippen MR) is 151 cm³/mol. The topological polar surface area (TPSA) is 43.2 Å². The van der Waals surface area contributed by atoms with Crippen LogP contribution in [0.3, 0.4) is 0 Å². The highest BCUT2D eigenvalue weighted by molar-refractivity contribution is 5.79. The van der Waals surface area contributed by atoms with Crippen LogP contribution in [0.15, 0.2) is 36.0 Å². The molecule has 0 radical (unpaired) electrons. The minimum absolute atomic E-state index is 0.0227. The molecule has 0 fully saturated rings. The lowest BCUT2D eigenvalue weighted by atomic mass is 9.79. The Balaban J connectivity index is 2.15. The summed E-state index contributed by atoms with van der Waals surface area (Å²) in [6.07, 6.45) is 11.6. The molecule has 3 rings (SSSR count). The van der Waals surface area contributed by atoms with Crippen molar-refractivity contribution in [1.29, 1.82) is 0 Å². The van der Waals surface area contributed by atoms with E-state index in [2.05, 4.69) is 120 Å². The van der Waals surface area contributed by atoms with E-state index in [0.717, 1.165) is 23.4 Å². The highest BCUT2D eigenvalue weighted by Gasteiger charge is 2.26. The van der Waals surface area contributed by atoms with Crippen molar-refractivity contribution >= 4 is 23.9 Å². The first-order chi connectivity index (χ1) is 16.3. The first-order valence-electron chi connectivity index (χ1n) is 12.5. The molecule has 2 N–H and O–H groups in total. The first-order valence-corrected chi connectivity index (χ1v) is 12.5. The van der Waals surface area contributed by atoms with Crippen molar-refractivity contribution in [2.24, 2.45) is 12.8 Å². The molecule has 1 aromatic carbocycles. The summed E-state index contributed by atoms with van der Waals surface area (Å²) in [7, 11) is 6.01. The Labute approximate surface area is 212 Å². The van der Waals surface area contributed by atoms with Crippen LogP contribution in [0.5, 0.6) is 5.75 Å². The summed E-state index contributed by atoms with van der Waals surface area (Å²) in [5, 5.41) is 0. The van der Waals surface area contributed by atoms with Gasteiger partial charge in [0, 0.05) is 41.6 Å². The number of likely N-dealkylation sites (N-methyl/N-ethyl adjacent to an activating group) is 1. The molecule has 4 nitrogen and oxygen atoms in total. The standard InChI is InChI=1S/C31H44N3O/c1-21-18-24(34(9)28(21)25(15-16-32)27-12-11-17-33(27)8)14-13-22-19-23(30(2,3)4)20-26(29(22)35-10)31(5,6)7/h11-14,17-20H,15-16,32H2,1-10H3/q+1/b14-13+. The number of nitrogens with two attached hydrogens (primary N) is 1. The molecular weight excluding hydrogens is 430 g/mol. The van der Waals surface area contributed by atoms with Gasteiger partial charge in [-0.2, -0.15) is 0 Å². The summed E-state index contributed by atoms with van der Waals surface area (Å²) in [6, 6.07) is 6.85. The van der Waals surface area contributed by atoms with E-state index in [1.807, 2.05) is 0 Å². The summed E-state index contributed by atoms with van der Waals surface area (Å²) >= 11 is 0. The summed E-state index contributed by atoms with van der Waals surface area (Å²) in [5.74, 6) is 0.951. The van der Waals surface area contributed by atoms with E-state index in [-0.39, 0.29) is 10.8 Å². The third kappa shape index (κ3) is 5.54. The van der Waals surface area contributed by atoms with Crippen molar-refractivity contribution in [3.8, 4) is 5.75 Å². The van der Waals surface area contributed by atoms with Crippen LogP contribution < -0.4 is 10.5 Å². The molecule has 0 unspecified atom stereocenters. The second-order valence-corrected chi connectivity index (χ2v) is 11.7. The fourth-order valence-corrected chi connectivity index (χ4v) is 4.84. The fourth-order valence-electron chi connectivity index (χ4n) is 4.84. The smallest absolute Gasteiger partial charge is 0.210 e. The van der Waals surface area contributed by atoms with E-state index >= 15 is 0 Å². The van der Waals surface area contributed by atoms with Crippen LogP contribution in [0.2, 0.25) is 0 Å². The number of rotatable bonds is 6. The number of aromatic nitrogens is 1. The van der Waals surface area contributed by atoms with Crippen LogP contribution >= 0.6 is 0 Å². The van der Waals surface area contributed by atoms with Gasteiger partial charge in [-0.3, -0.25) is 0 Å².